The largest absolute Gasteiger partial charge is 0.378 e. The molecule has 9 heteroatoms. The first-order chi connectivity index (χ1) is 15.0. The molecule has 0 radical (unpaired) electrons. The lowest BCUT2D eigenvalue weighted by atomic mass is 10.1. The van der Waals surface area contributed by atoms with E-state index >= 15 is 0 Å². The van der Waals surface area contributed by atoms with Gasteiger partial charge in [-0.1, -0.05) is 22.0 Å². The molecule has 1 aliphatic rings. The third-order valence-corrected chi connectivity index (χ3v) is 5.84. The number of hydrogen-bond donors (Lipinski definition) is 1. The zero-order chi connectivity index (χ0) is 21.8. The molecule has 162 valence electrons. The Morgan fingerprint density at radius 3 is 2.71 bits per heavy atom. The number of hydrogen-bond acceptors (Lipinski definition) is 6. The molecule has 31 heavy (non-hydrogen) atoms. The molecule has 1 saturated heterocycles. The van der Waals surface area contributed by atoms with Gasteiger partial charge in [-0.25, -0.2) is 14.6 Å². The summed E-state index contributed by atoms with van der Waals surface area (Å²) in [6.07, 6.45) is 2.56. The van der Waals surface area contributed by atoms with Gasteiger partial charge in [0.15, 0.2) is 5.82 Å². The number of benzene rings is 1. The van der Waals surface area contributed by atoms with Crippen LogP contribution in [0, 0.1) is 13.8 Å². The van der Waals surface area contributed by atoms with Crippen molar-refractivity contribution in [2.24, 2.45) is 0 Å². The average Bonchev–Trinajstić information content (AvgIpc) is 3.06. The van der Waals surface area contributed by atoms with Gasteiger partial charge in [-0.05, 0) is 44.0 Å². The molecule has 0 aliphatic carbocycles. The molecule has 1 fully saturated rings. The lowest BCUT2D eigenvalue weighted by Gasteiger charge is -2.27. The summed E-state index contributed by atoms with van der Waals surface area (Å²) < 4.78 is 8.19. The van der Waals surface area contributed by atoms with Crippen LogP contribution in [-0.2, 0) is 16.0 Å². The molecule has 0 spiro atoms. The fourth-order valence-corrected chi connectivity index (χ4v) is 4.11. The fourth-order valence-electron chi connectivity index (χ4n) is 3.71. The highest BCUT2D eigenvalue weighted by molar-refractivity contribution is 9.10. The molecule has 1 amide bonds. The minimum atomic E-state index is -0.0266. The van der Waals surface area contributed by atoms with Gasteiger partial charge in [0.2, 0.25) is 5.91 Å². The van der Waals surface area contributed by atoms with Crippen LogP contribution in [0.5, 0.6) is 0 Å². The van der Waals surface area contributed by atoms with Crippen molar-refractivity contribution in [2.45, 2.75) is 26.7 Å². The minimum Gasteiger partial charge on any atom is -0.378 e. The molecule has 3 aromatic rings. The van der Waals surface area contributed by atoms with Crippen molar-refractivity contribution >= 4 is 33.3 Å². The van der Waals surface area contributed by atoms with Gasteiger partial charge in [0, 0.05) is 41.4 Å². The number of rotatable bonds is 6. The van der Waals surface area contributed by atoms with E-state index < -0.39 is 0 Å². The van der Waals surface area contributed by atoms with Gasteiger partial charge >= 0.3 is 0 Å². The maximum atomic E-state index is 12.4. The van der Waals surface area contributed by atoms with Crippen molar-refractivity contribution in [1.29, 1.82) is 0 Å². The first-order valence-corrected chi connectivity index (χ1v) is 11.1. The topological polar surface area (TPSA) is 85.2 Å². The quantitative estimate of drug-likeness (QED) is 0.576. The zero-order valence-corrected chi connectivity index (χ0v) is 19.2. The molecule has 2 aromatic heterocycles. The number of halogens is 1. The van der Waals surface area contributed by atoms with Crippen molar-refractivity contribution in [3.63, 3.8) is 0 Å². The van der Waals surface area contributed by atoms with E-state index in [1.807, 2.05) is 48.9 Å². The Labute approximate surface area is 189 Å². The molecule has 1 aromatic carbocycles. The minimum absolute atomic E-state index is 0.0266. The van der Waals surface area contributed by atoms with E-state index in [0.29, 0.717) is 26.1 Å². The standard InChI is InChI=1S/C22H25BrN6O2/c1-15-19(6-7-22(30)26-18-5-3-4-17(23)12-18)16(2)29(27-15)21-13-20(24-14-25-21)28-8-10-31-11-9-28/h3-5,12-14H,6-11H2,1-2H3,(H,26,30). The van der Waals surface area contributed by atoms with Crippen LogP contribution in [-0.4, -0.2) is 52.0 Å². The number of ether oxygens (including phenoxy) is 1. The molecule has 0 bridgehead atoms. The van der Waals surface area contributed by atoms with Gasteiger partial charge in [-0.2, -0.15) is 5.10 Å². The Kier molecular flexibility index (Phi) is 6.62. The van der Waals surface area contributed by atoms with Crippen molar-refractivity contribution in [2.75, 3.05) is 36.5 Å². The normalized spacial score (nSPS) is 14.0. The Hall–Kier alpha value is -2.78. The predicted molar refractivity (Wildman–Crippen MR) is 123 cm³/mol. The number of anilines is 2. The van der Waals surface area contributed by atoms with Crippen LogP contribution < -0.4 is 10.2 Å². The van der Waals surface area contributed by atoms with Crippen LogP contribution in [0.15, 0.2) is 41.1 Å². The van der Waals surface area contributed by atoms with Gasteiger partial charge in [-0.15, -0.1) is 0 Å². The smallest absolute Gasteiger partial charge is 0.224 e. The molecular weight excluding hydrogens is 460 g/mol. The summed E-state index contributed by atoms with van der Waals surface area (Å²) in [6.45, 7) is 7.00. The Balaban J connectivity index is 1.47. The van der Waals surface area contributed by atoms with Crippen LogP contribution >= 0.6 is 15.9 Å². The molecule has 1 aliphatic heterocycles. The first-order valence-electron chi connectivity index (χ1n) is 10.3. The number of amides is 1. The van der Waals surface area contributed by atoms with Crippen LogP contribution in [0.25, 0.3) is 5.82 Å². The Morgan fingerprint density at radius 1 is 1.16 bits per heavy atom. The summed E-state index contributed by atoms with van der Waals surface area (Å²) >= 11 is 3.42. The summed E-state index contributed by atoms with van der Waals surface area (Å²) in [6, 6.07) is 9.53. The Bertz CT molecular complexity index is 1080. The average molecular weight is 485 g/mol. The maximum absolute atomic E-state index is 12.4. The number of carbonyl (C=O) groups is 1. The van der Waals surface area contributed by atoms with Gasteiger partial charge < -0.3 is 15.0 Å². The summed E-state index contributed by atoms with van der Waals surface area (Å²) in [5.41, 5.74) is 3.73. The highest BCUT2D eigenvalue weighted by Crippen LogP contribution is 2.21. The number of carbonyl (C=O) groups excluding carboxylic acids is 1. The zero-order valence-electron chi connectivity index (χ0n) is 17.6. The van der Waals surface area contributed by atoms with Crippen LogP contribution in [0.4, 0.5) is 11.5 Å². The lowest BCUT2D eigenvalue weighted by molar-refractivity contribution is -0.116. The second kappa shape index (κ2) is 9.57. The molecule has 8 nitrogen and oxygen atoms in total. The van der Waals surface area contributed by atoms with Gasteiger partial charge in [0.05, 0.1) is 18.9 Å². The number of aryl methyl sites for hydroxylation is 1. The summed E-state index contributed by atoms with van der Waals surface area (Å²) in [5.74, 6) is 1.57. The second-order valence-electron chi connectivity index (χ2n) is 7.45. The van der Waals surface area contributed by atoms with E-state index in [-0.39, 0.29) is 5.91 Å². The molecule has 0 unspecified atom stereocenters. The predicted octanol–water partition coefficient (Wildman–Crippen LogP) is 3.45. The van der Waals surface area contributed by atoms with Gasteiger partial charge in [0.25, 0.3) is 0 Å². The number of nitrogens with zero attached hydrogens (tertiary/aromatic N) is 5. The van der Waals surface area contributed by atoms with E-state index in [1.165, 1.54) is 0 Å². The molecule has 1 N–H and O–H groups in total. The van der Waals surface area contributed by atoms with Crippen LogP contribution in [0.3, 0.4) is 0 Å². The van der Waals surface area contributed by atoms with Crippen molar-refractivity contribution in [3.8, 4) is 5.82 Å². The van der Waals surface area contributed by atoms with Crippen molar-refractivity contribution in [3.05, 3.63) is 58.1 Å². The van der Waals surface area contributed by atoms with Crippen molar-refractivity contribution < 1.29 is 9.53 Å². The van der Waals surface area contributed by atoms with Crippen LogP contribution in [0.1, 0.15) is 23.4 Å². The SMILES string of the molecule is Cc1nn(-c2cc(N3CCOCC3)ncn2)c(C)c1CCC(=O)Nc1cccc(Br)c1. The summed E-state index contributed by atoms with van der Waals surface area (Å²) in [4.78, 5) is 23.5. The van der Waals surface area contributed by atoms with E-state index in [0.717, 1.165) is 51.8 Å². The first kappa shape index (κ1) is 21.5. The number of aromatic nitrogens is 4. The third-order valence-electron chi connectivity index (χ3n) is 5.34. The fraction of sp³-hybridized carbons (Fsp3) is 0.364. The maximum Gasteiger partial charge on any atom is 0.224 e. The van der Waals surface area contributed by atoms with Gasteiger partial charge in [-0.3, -0.25) is 4.79 Å². The third kappa shape index (κ3) is 5.11. The summed E-state index contributed by atoms with van der Waals surface area (Å²) in [7, 11) is 0. The van der Waals surface area contributed by atoms with Crippen molar-refractivity contribution in [1.82, 2.24) is 19.7 Å². The van der Waals surface area contributed by atoms with Crippen LogP contribution in [0.2, 0.25) is 0 Å². The molecule has 3 heterocycles. The van der Waals surface area contributed by atoms with E-state index in [1.54, 1.807) is 6.33 Å². The molecule has 4 rings (SSSR count). The second-order valence-corrected chi connectivity index (χ2v) is 8.37. The van der Waals surface area contributed by atoms with Gasteiger partial charge in [0.1, 0.15) is 12.1 Å². The van der Waals surface area contributed by atoms with E-state index in [9.17, 15) is 4.79 Å². The number of nitrogens with one attached hydrogen (secondary N) is 1. The molecule has 0 atom stereocenters. The summed E-state index contributed by atoms with van der Waals surface area (Å²) in [5, 5.41) is 7.63. The van der Waals surface area contributed by atoms with E-state index in [2.05, 4.69) is 41.2 Å². The monoisotopic (exact) mass is 484 g/mol. The van der Waals surface area contributed by atoms with E-state index in [4.69, 9.17) is 4.74 Å². The molecular formula is C22H25BrN6O2. The molecule has 0 saturated carbocycles. The Morgan fingerprint density at radius 2 is 1.94 bits per heavy atom. The number of morpholine rings is 1. The highest BCUT2D eigenvalue weighted by Gasteiger charge is 2.18. The lowest BCUT2D eigenvalue weighted by Crippen LogP contribution is -2.36. The highest BCUT2D eigenvalue weighted by atomic mass is 79.9.